The van der Waals surface area contributed by atoms with Gasteiger partial charge >= 0.3 is 0 Å². The van der Waals surface area contributed by atoms with Crippen molar-refractivity contribution in [1.82, 2.24) is 5.43 Å². The Balaban J connectivity index is 2.08. The Morgan fingerprint density at radius 1 is 1.18 bits per heavy atom. The van der Waals surface area contributed by atoms with Crippen LogP contribution in [0, 0.1) is 5.92 Å². The highest BCUT2D eigenvalue weighted by molar-refractivity contribution is 7.99. The molecule has 0 saturated heterocycles. The molecule has 0 spiro atoms. The Hall–Kier alpha value is 0.270. The van der Waals surface area contributed by atoms with Crippen LogP contribution in [0.4, 0.5) is 0 Å². The molecule has 1 saturated carbocycles. The number of hydrogen-bond acceptors (Lipinski definition) is 3. The predicted molar refractivity (Wildman–Crippen MR) is 79.1 cm³/mol. The van der Waals surface area contributed by atoms with Crippen molar-refractivity contribution < 1.29 is 0 Å². The fraction of sp³-hybridized carbons (Fsp3) is 1.00. The van der Waals surface area contributed by atoms with Gasteiger partial charge in [-0.05, 0) is 25.2 Å². The standard InChI is InChI=1S/C14H30N2S/c1-12(2)7-6-8-13(16-15)11-17-14-9-4-3-5-10-14/h12-14,16H,3-11,15H2,1-2H3. The smallest absolute Gasteiger partial charge is 0.0301 e. The van der Waals surface area contributed by atoms with Crippen molar-refractivity contribution in [1.29, 1.82) is 0 Å². The van der Waals surface area contributed by atoms with E-state index in [0.717, 1.165) is 11.2 Å². The van der Waals surface area contributed by atoms with E-state index in [-0.39, 0.29) is 0 Å². The van der Waals surface area contributed by atoms with Gasteiger partial charge in [-0.25, -0.2) is 0 Å². The maximum atomic E-state index is 5.64. The van der Waals surface area contributed by atoms with E-state index in [1.807, 2.05) is 0 Å². The van der Waals surface area contributed by atoms with E-state index in [1.165, 1.54) is 57.1 Å². The van der Waals surface area contributed by atoms with Gasteiger partial charge in [-0.15, -0.1) is 0 Å². The molecule has 3 heteroatoms. The maximum Gasteiger partial charge on any atom is 0.0301 e. The summed E-state index contributed by atoms with van der Waals surface area (Å²) >= 11 is 2.15. The zero-order valence-electron chi connectivity index (χ0n) is 11.6. The molecule has 0 heterocycles. The van der Waals surface area contributed by atoms with E-state index in [1.54, 1.807) is 0 Å². The van der Waals surface area contributed by atoms with E-state index in [9.17, 15) is 0 Å². The largest absolute Gasteiger partial charge is 0.271 e. The van der Waals surface area contributed by atoms with Crippen LogP contribution in [0.1, 0.15) is 65.2 Å². The van der Waals surface area contributed by atoms with Crippen LogP contribution in [-0.4, -0.2) is 17.0 Å². The summed E-state index contributed by atoms with van der Waals surface area (Å²) in [5.74, 6) is 7.65. The first kappa shape index (κ1) is 15.3. The second-order valence-corrected chi connectivity index (χ2v) is 7.12. The fourth-order valence-electron chi connectivity index (χ4n) is 2.47. The summed E-state index contributed by atoms with van der Waals surface area (Å²) in [6.45, 7) is 4.59. The number of nitrogens with one attached hydrogen (secondary N) is 1. The van der Waals surface area contributed by atoms with E-state index in [2.05, 4.69) is 31.0 Å². The van der Waals surface area contributed by atoms with Gasteiger partial charge in [-0.3, -0.25) is 11.3 Å². The molecule has 1 atom stereocenters. The van der Waals surface area contributed by atoms with Crippen LogP contribution in [-0.2, 0) is 0 Å². The normalized spacial score (nSPS) is 19.8. The SMILES string of the molecule is CC(C)CCCC(CSC1CCCCC1)NN. The average molecular weight is 258 g/mol. The second kappa shape index (κ2) is 9.23. The monoisotopic (exact) mass is 258 g/mol. The minimum Gasteiger partial charge on any atom is -0.271 e. The van der Waals surface area contributed by atoms with Crippen molar-refractivity contribution in [3.63, 3.8) is 0 Å². The molecular weight excluding hydrogens is 228 g/mol. The molecular formula is C14H30N2S. The molecule has 1 unspecified atom stereocenters. The highest BCUT2D eigenvalue weighted by Crippen LogP contribution is 2.29. The first-order chi connectivity index (χ1) is 8.22. The van der Waals surface area contributed by atoms with Crippen LogP contribution in [0.5, 0.6) is 0 Å². The first-order valence-corrected chi connectivity index (χ1v) is 8.35. The molecule has 2 nitrogen and oxygen atoms in total. The van der Waals surface area contributed by atoms with Crippen molar-refractivity contribution >= 4 is 11.8 Å². The van der Waals surface area contributed by atoms with Crippen molar-refractivity contribution in [2.24, 2.45) is 11.8 Å². The molecule has 0 aliphatic heterocycles. The van der Waals surface area contributed by atoms with Crippen LogP contribution in [0.2, 0.25) is 0 Å². The summed E-state index contributed by atoms with van der Waals surface area (Å²) in [6, 6.07) is 0.515. The predicted octanol–water partition coefficient (Wildman–Crippen LogP) is 3.71. The van der Waals surface area contributed by atoms with Crippen LogP contribution >= 0.6 is 11.8 Å². The summed E-state index contributed by atoms with van der Waals surface area (Å²) in [5.41, 5.74) is 2.99. The Morgan fingerprint density at radius 2 is 1.88 bits per heavy atom. The fourth-order valence-corrected chi connectivity index (χ4v) is 3.91. The third kappa shape index (κ3) is 7.32. The number of hydrogen-bond donors (Lipinski definition) is 2. The third-order valence-corrected chi connectivity index (χ3v) is 5.19. The van der Waals surface area contributed by atoms with Crippen molar-refractivity contribution in [2.75, 3.05) is 5.75 Å². The molecule has 17 heavy (non-hydrogen) atoms. The highest BCUT2D eigenvalue weighted by Gasteiger charge is 2.16. The second-order valence-electron chi connectivity index (χ2n) is 5.78. The lowest BCUT2D eigenvalue weighted by atomic mass is 10.0. The molecule has 0 aromatic rings. The van der Waals surface area contributed by atoms with Gasteiger partial charge in [0.15, 0.2) is 0 Å². The van der Waals surface area contributed by atoms with Gasteiger partial charge < -0.3 is 0 Å². The lowest BCUT2D eigenvalue weighted by Crippen LogP contribution is -2.37. The molecule has 0 aromatic carbocycles. The summed E-state index contributed by atoms with van der Waals surface area (Å²) < 4.78 is 0. The Labute approximate surface area is 111 Å². The van der Waals surface area contributed by atoms with Gasteiger partial charge in [0.1, 0.15) is 0 Å². The molecule has 3 N–H and O–H groups in total. The molecule has 0 amide bonds. The molecule has 1 aliphatic rings. The number of nitrogens with two attached hydrogens (primary N) is 1. The Morgan fingerprint density at radius 3 is 2.47 bits per heavy atom. The third-order valence-electron chi connectivity index (χ3n) is 3.66. The van der Waals surface area contributed by atoms with E-state index in [0.29, 0.717) is 6.04 Å². The average Bonchev–Trinajstić information content (AvgIpc) is 2.34. The van der Waals surface area contributed by atoms with E-state index in [4.69, 9.17) is 5.84 Å². The molecule has 0 radical (unpaired) electrons. The topological polar surface area (TPSA) is 38.0 Å². The van der Waals surface area contributed by atoms with E-state index < -0.39 is 0 Å². The van der Waals surface area contributed by atoms with Crippen LogP contribution in [0.25, 0.3) is 0 Å². The van der Waals surface area contributed by atoms with Crippen LogP contribution < -0.4 is 11.3 Å². The van der Waals surface area contributed by atoms with Gasteiger partial charge in [-0.2, -0.15) is 11.8 Å². The summed E-state index contributed by atoms with van der Waals surface area (Å²) in [4.78, 5) is 0. The number of thioether (sulfide) groups is 1. The molecule has 1 rings (SSSR count). The van der Waals surface area contributed by atoms with Crippen molar-refractivity contribution in [2.45, 2.75) is 76.5 Å². The highest BCUT2D eigenvalue weighted by atomic mass is 32.2. The maximum absolute atomic E-state index is 5.64. The quantitative estimate of drug-likeness (QED) is 0.515. The van der Waals surface area contributed by atoms with Gasteiger partial charge in [0, 0.05) is 17.0 Å². The Kier molecular flexibility index (Phi) is 8.33. The molecule has 1 aliphatic carbocycles. The number of hydrazine groups is 1. The van der Waals surface area contributed by atoms with Crippen LogP contribution in [0.3, 0.4) is 0 Å². The van der Waals surface area contributed by atoms with Gasteiger partial charge in [0.05, 0.1) is 0 Å². The minimum absolute atomic E-state index is 0.515. The van der Waals surface area contributed by atoms with Crippen LogP contribution in [0.15, 0.2) is 0 Å². The molecule has 0 aromatic heterocycles. The van der Waals surface area contributed by atoms with Gasteiger partial charge in [0.25, 0.3) is 0 Å². The zero-order chi connectivity index (χ0) is 12.5. The molecule has 0 bridgehead atoms. The number of rotatable bonds is 8. The first-order valence-electron chi connectivity index (χ1n) is 7.30. The van der Waals surface area contributed by atoms with Crippen molar-refractivity contribution in [3.05, 3.63) is 0 Å². The summed E-state index contributed by atoms with van der Waals surface area (Å²) in [5, 5.41) is 0.907. The molecule has 102 valence electrons. The Bertz CT molecular complexity index is 179. The van der Waals surface area contributed by atoms with E-state index >= 15 is 0 Å². The zero-order valence-corrected chi connectivity index (χ0v) is 12.4. The van der Waals surface area contributed by atoms with Crippen molar-refractivity contribution in [3.8, 4) is 0 Å². The summed E-state index contributed by atoms with van der Waals surface area (Å²) in [7, 11) is 0. The van der Waals surface area contributed by atoms with Gasteiger partial charge in [-0.1, -0.05) is 46.0 Å². The van der Waals surface area contributed by atoms with Gasteiger partial charge in [0.2, 0.25) is 0 Å². The summed E-state index contributed by atoms with van der Waals surface area (Å²) in [6.07, 6.45) is 11.0. The lowest BCUT2D eigenvalue weighted by Gasteiger charge is -2.23. The lowest BCUT2D eigenvalue weighted by molar-refractivity contribution is 0.467. The molecule has 1 fully saturated rings. The minimum atomic E-state index is 0.515.